The quantitative estimate of drug-likeness (QED) is 0.664. The highest BCUT2D eigenvalue weighted by Gasteiger charge is 2.05. The molecule has 4 heteroatoms. The van der Waals surface area contributed by atoms with Gasteiger partial charge in [0.25, 0.3) is 0 Å². The highest BCUT2D eigenvalue weighted by atomic mass is 16.3. The predicted octanol–water partition coefficient (Wildman–Crippen LogP) is 1.18. The number of hydrogen-bond donors (Lipinski definition) is 2. The van der Waals surface area contributed by atoms with Crippen LogP contribution in [0.4, 0.5) is 5.82 Å². The van der Waals surface area contributed by atoms with Crippen molar-refractivity contribution in [2.45, 2.75) is 13.5 Å². The van der Waals surface area contributed by atoms with Gasteiger partial charge in [-0.2, -0.15) is 0 Å². The predicted molar refractivity (Wildman–Crippen MR) is 71.1 cm³/mol. The van der Waals surface area contributed by atoms with Crippen LogP contribution in [0.15, 0.2) is 31.0 Å². The lowest BCUT2D eigenvalue weighted by Gasteiger charge is -2.21. The molecule has 0 saturated heterocycles. The minimum atomic E-state index is 0.120. The maximum atomic E-state index is 8.98. The third-order valence-corrected chi connectivity index (χ3v) is 2.43. The lowest BCUT2D eigenvalue weighted by atomic mass is 10.2. The molecule has 0 atom stereocenters. The fourth-order valence-corrected chi connectivity index (χ4v) is 1.55. The summed E-state index contributed by atoms with van der Waals surface area (Å²) in [6, 6.07) is 4.03. The second-order valence-corrected chi connectivity index (χ2v) is 3.76. The first-order valence-electron chi connectivity index (χ1n) is 5.94. The van der Waals surface area contributed by atoms with E-state index in [2.05, 4.69) is 29.9 Å². The summed E-state index contributed by atoms with van der Waals surface area (Å²) in [6.07, 6.45) is 3.68. The van der Waals surface area contributed by atoms with Crippen molar-refractivity contribution < 1.29 is 5.11 Å². The van der Waals surface area contributed by atoms with Crippen molar-refractivity contribution >= 4 is 5.82 Å². The molecule has 0 bridgehead atoms. The second-order valence-electron chi connectivity index (χ2n) is 3.76. The van der Waals surface area contributed by atoms with Crippen LogP contribution in [0.3, 0.4) is 0 Å². The fraction of sp³-hybridized carbons (Fsp3) is 0.462. The molecular formula is C13H21N3O. The molecule has 0 radical (unpaired) electrons. The van der Waals surface area contributed by atoms with Gasteiger partial charge in [0, 0.05) is 25.8 Å². The number of nitrogens with one attached hydrogen (secondary N) is 1. The van der Waals surface area contributed by atoms with Crippen LogP contribution < -0.4 is 10.2 Å². The normalized spacial score (nSPS) is 10.2. The molecule has 0 aliphatic heterocycles. The molecular weight excluding hydrogens is 214 g/mol. The van der Waals surface area contributed by atoms with Crippen molar-refractivity contribution in [3.63, 3.8) is 0 Å². The van der Waals surface area contributed by atoms with E-state index in [1.54, 1.807) is 0 Å². The minimum absolute atomic E-state index is 0.120. The van der Waals surface area contributed by atoms with Gasteiger partial charge in [-0.05, 0) is 18.2 Å². The van der Waals surface area contributed by atoms with Gasteiger partial charge in [-0.3, -0.25) is 0 Å². The number of aliphatic hydroxyl groups excluding tert-OH is 1. The molecule has 1 heterocycles. The number of aromatic nitrogens is 1. The van der Waals surface area contributed by atoms with Crippen molar-refractivity contribution in [2.75, 3.05) is 31.1 Å². The van der Waals surface area contributed by atoms with Gasteiger partial charge in [-0.15, -0.1) is 6.58 Å². The van der Waals surface area contributed by atoms with E-state index in [1.165, 1.54) is 0 Å². The molecule has 0 aromatic carbocycles. The van der Waals surface area contributed by atoms with Gasteiger partial charge in [0.1, 0.15) is 5.82 Å². The maximum absolute atomic E-state index is 8.98. The summed E-state index contributed by atoms with van der Waals surface area (Å²) in [7, 11) is 0. The van der Waals surface area contributed by atoms with Crippen LogP contribution >= 0.6 is 0 Å². The molecule has 0 aliphatic rings. The van der Waals surface area contributed by atoms with Gasteiger partial charge in [0.15, 0.2) is 0 Å². The summed E-state index contributed by atoms with van der Waals surface area (Å²) in [5, 5.41) is 12.2. The second kappa shape index (κ2) is 7.81. The highest BCUT2D eigenvalue weighted by molar-refractivity contribution is 5.40. The van der Waals surface area contributed by atoms with Gasteiger partial charge < -0.3 is 15.3 Å². The Labute approximate surface area is 103 Å². The lowest BCUT2D eigenvalue weighted by molar-refractivity contribution is 0.302. The topological polar surface area (TPSA) is 48.4 Å². The fourth-order valence-electron chi connectivity index (χ4n) is 1.55. The number of pyridine rings is 1. The third kappa shape index (κ3) is 4.54. The Morgan fingerprint density at radius 1 is 1.53 bits per heavy atom. The van der Waals surface area contributed by atoms with Gasteiger partial charge in [-0.25, -0.2) is 4.98 Å². The number of aliphatic hydroxyl groups is 1. The molecule has 1 aromatic heterocycles. The van der Waals surface area contributed by atoms with E-state index in [1.807, 2.05) is 23.2 Å². The molecule has 4 nitrogen and oxygen atoms in total. The van der Waals surface area contributed by atoms with E-state index in [-0.39, 0.29) is 6.61 Å². The first-order valence-corrected chi connectivity index (χ1v) is 5.94. The van der Waals surface area contributed by atoms with Crippen LogP contribution in [0, 0.1) is 0 Å². The number of hydrogen-bond acceptors (Lipinski definition) is 4. The smallest absolute Gasteiger partial charge is 0.128 e. The van der Waals surface area contributed by atoms with Gasteiger partial charge in [0.05, 0.1) is 6.61 Å². The Morgan fingerprint density at radius 3 is 2.88 bits per heavy atom. The van der Waals surface area contributed by atoms with Crippen LogP contribution in [0.2, 0.25) is 0 Å². The van der Waals surface area contributed by atoms with Crippen molar-refractivity contribution in [2.24, 2.45) is 0 Å². The summed E-state index contributed by atoms with van der Waals surface area (Å²) in [5.74, 6) is 0.874. The molecule has 0 spiro atoms. The van der Waals surface area contributed by atoms with E-state index in [0.717, 1.165) is 24.5 Å². The number of nitrogens with zero attached hydrogens (tertiary/aromatic N) is 2. The zero-order chi connectivity index (χ0) is 12.5. The van der Waals surface area contributed by atoms with Crippen molar-refractivity contribution in [1.82, 2.24) is 10.3 Å². The lowest BCUT2D eigenvalue weighted by Crippen LogP contribution is -2.27. The van der Waals surface area contributed by atoms with E-state index in [4.69, 9.17) is 5.11 Å². The average Bonchev–Trinajstić information content (AvgIpc) is 2.37. The molecule has 0 amide bonds. The standard InChI is InChI=1S/C13H21N3O/c1-3-7-16(8-9-17)13-6-5-12(11-15-13)10-14-4-2/h3,5-6,11,14,17H,1,4,7-10H2,2H3. The highest BCUT2D eigenvalue weighted by Crippen LogP contribution is 2.10. The van der Waals surface area contributed by atoms with Crippen molar-refractivity contribution in [1.29, 1.82) is 0 Å². The Bertz CT molecular complexity index is 324. The van der Waals surface area contributed by atoms with Gasteiger partial charge in [-0.1, -0.05) is 19.1 Å². The van der Waals surface area contributed by atoms with E-state index >= 15 is 0 Å². The van der Waals surface area contributed by atoms with E-state index in [0.29, 0.717) is 13.1 Å². The Kier molecular flexibility index (Phi) is 6.29. The summed E-state index contributed by atoms with van der Waals surface area (Å²) in [5.41, 5.74) is 1.16. The van der Waals surface area contributed by atoms with Gasteiger partial charge >= 0.3 is 0 Å². The molecule has 0 saturated carbocycles. The van der Waals surface area contributed by atoms with Crippen LogP contribution in [0.25, 0.3) is 0 Å². The number of anilines is 1. The van der Waals surface area contributed by atoms with Crippen LogP contribution in [0.5, 0.6) is 0 Å². The maximum Gasteiger partial charge on any atom is 0.128 e. The van der Waals surface area contributed by atoms with Crippen LogP contribution in [-0.2, 0) is 6.54 Å². The molecule has 0 aliphatic carbocycles. The van der Waals surface area contributed by atoms with E-state index in [9.17, 15) is 0 Å². The minimum Gasteiger partial charge on any atom is -0.395 e. The summed E-state index contributed by atoms with van der Waals surface area (Å²) < 4.78 is 0. The Balaban J connectivity index is 2.66. The van der Waals surface area contributed by atoms with Crippen LogP contribution in [0.1, 0.15) is 12.5 Å². The van der Waals surface area contributed by atoms with Crippen LogP contribution in [-0.4, -0.2) is 36.3 Å². The monoisotopic (exact) mass is 235 g/mol. The summed E-state index contributed by atoms with van der Waals surface area (Å²) in [6.45, 7) is 8.96. The zero-order valence-corrected chi connectivity index (χ0v) is 10.4. The van der Waals surface area contributed by atoms with Crippen molar-refractivity contribution in [3.05, 3.63) is 36.5 Å². The molecule has 94 valence electrons. The summed E-state index contributed by atoms with van der Waals surface area (Å²) in [4.78, 5) is 6.39. The Hall–Kier alpha value is -1.39. The zero-order valence-electron chi connectivity index (χ0n) is 10.4. The largest absolute Gasteiger partial charge is 0.395 e. The van der Waals surface area contributed by atoms with Crippen molar-refractivity contribution in [3.8, 4) is 0 Å². The molecule has 0 unspecified atom stereocenters. The molecule has 17 heavy (non-hydrogen) atoms. The molecule has 1 rings (SSSR count). The van der Waals surface area contributed by atoms with Gasteiger partial charge in [0.2, 0.25) is 0 Å². The average molecular weight is 235 g/mol. The third-order valence-electron chi connectivity index (χ3n) is 2.43. The van der Waals surface area contributed by atoms with E-state index < -0.39 is 0 Å². The number of rotatable bonds is 8. The molecule has 1 aromatic rings. The Morgan fingerprint density at radius 2 is 2.35 bits per heavy atom. The SMILES string of the molecule is C=CCN(CCO)c1ccc(CNCC)cn1. The first kappa shape index (κ1) is 13.7. The molecule has 2 N–H and O–H groups in total. The first-order chi connectivity index (χ1) is 8.31. The summed E-state index contributed by atoms with van der Waals surface area (Å²) >= 11 is 0. The molecule has 0 fully saturated rings.